The molecule has 0 heterocycles. The van der Waals surface area contributed by atoms with E-state index < -0.39 is 0 Å². The Kier molecular flexibility index (Phi) is 4.79. The number of hydrogen-bond acceptors (Lipinski definition) is 1. The third kappa shape index (κ3) is 2.57. The van der Waals surface area contributed by atoms with Crippen LogP contribution in [-0.2, 0) is 0 Å². The van der Waals surface area contributed by atoms with E-state index in [-0.39, 0.29) is 11.5 Å². The fourth-order valence-electron chi connectivity index (χ4n) is 2.92. The number of hydrogen-bond donors (Lipinski definition) is 1. The molecule has 0 aromatic rings. The van der Waals surface area contributed by atoms with E-state index in [0.717, 1.165) is 6.42 Å². The fourth-order valence-corrected chi connectivity index (χ4v) is 2.92. The van der Waals surface area contributed by atoms with Gasteiger partial charge >= 0.3 is 0 Å². The van der Waals surface area contributed by atoms with Crippen molar-refractivity contribution in [1.29, 1.82) is 0 Å². The molecule has 0 saturated heterocycles. The van der Waals surface area contributed by atoms with Gasteiger partial charge in [-0.1, -0.05) is 64.8 Å². The molecule has 1 aliphatic rings. The van der Waals surface area contributed by atoms with E-state index in [1.807, 2.05) is 0 Å². The van der Waals surface area contributed by atoms with Gasteiger partial charge in [-0.2, -0.15) is 0 Å². The summed E-state index contributed by atoms with van der Waals surface area (Å²) in [7, 11) is 0. The van der Waals surface area contributed by atoms with Crippen LogP contribution < -0.4 is 5.73 Å². The molecule has 3 unspecified atom stereocenters. The number of nitrogens with two attached hydrogens (primary N) is 1. The van der Waals surface area contributed by atoms with Crippen LogP contribution >= 0.6 is 0 Å². The highest BCUT2D eigenvalue weighted by Crippen LogP contribution is 2.43. The molecule has 1 nitrogen and oxygen atoms in total. The third-order valence-electron chi connectivity index (χ3n) is 4.10. The molecular formula is C15H27N. The highest BCUT2D eigenvalue weighted by Gasteiger charge is 2.39. The average molecular weight is 221 g/mol. The van der Waals surface area contributed by atoms with Gasteiger partial charge in [0.25, 0.3) is 0 Å². The van der Waals surface area contributed by atoms with Crippen molar-refractivity contribution in [2.75, 3.05) is 0 Å². The highest BCUT2D eigenvalue weighted by atomic mass is 14.7. The molecule has 0 saturated carbocycles. The Morgan fingerprint density at radius 2 is 1.94 bits per heavy atom. The summed E-state index contributed by atoms with van der Waals surface area (Å²) in [6, 6.07) is 0.259. The van der Waals surface area contributed by atoms with Gasteiger partial charge in [0.05, 0.1) is 0 Å². The zero-order valence-electron chi connectivity index (χ0n) is 11.2. The van der Waals surface area contributed by atoms with Crippen molar-refractivity contribution >= 4 is 0 Å². The van der Waals surface area contributed by atoms with Crippen molar-refractivity contribution in [2.45, 2.75) is 53.0 Å². The summed E-state index contributed by atoms with van der Waals surface area (Å²) in [5.74, 6) is 1.20. The van der Waals surface area contributed by atoms with Crippen LogP contribution in [0.3, 0.4) is 0 Å². The maximum absolute atomic E-state index is 6.47. The summed E-state index contributed by atoms with van der Waals surface area (Å²) in [6.45, 7) is 9.08. The summed E-state index contributed by atoms with van der Waals surface area (Å²) in [4.78, 5) is 0. The molecule has 3 atom stereocenters. The average Bonchev–Trinajstić information content (AvgIpc) is 2.29. The van der Waals surface area contributed by atoms with Crippen molar-refractivity contribution in [3.05, 3.63) is 24.3 Å². The first-order chi connectivity index (χ1) is 7.54. The molecular weight excluding hydrogens is 194 g/mol. The van der Waals surface area contributed by atoms with E-state index in [1.54, 1.807) is 0 Å². The van der Waals surface area contributed by atoms with Gasteiger partial charge in [-0.25, -0.2) is 0 Å². The van der Waals surface area contributed by atoms with E-state index in [0.29, 0.717) is 11.8 Å². The lowest BCUT2D eigenvalue weighted by Crippen LogP contribution is -2.48. The van der Waals surface area contributed by atoms with E-state index in [1.165, 1.54) is 12.8 Å². The maximum Gasteiger partial charge on any atom is 0.0159 e. The lowest BCUT2D eigenvalue weighted by molar-refractivity contribution is 0.153. The van der Waals surface area contributed by atoms with Gasteiger partial charge < -0.3 is 5.73 Å². The van der Waals surface area contributed by atoms with Crippen molar-refractivity contribution in [3.63, 3.8) is 0 Å². The molecule has 1 aliphatic carbocycles. The second-order valence-electron chi connectivity index (χ2n) is 5.56. The second kappa shape index (κ2) is 5.67. The van der Waals surface area contributed by atoms with E-state index in [2.05, 4.69) is 52.0 Å². The predicted molar refractivity (Wildman–Crippen MR) is 72.2 cm³/mol. The summed E-state index contributed by atoms with van der Waals surface area (Å²) in [5, 5.41) is 0. The minimum Gasteiger partial charge on any atom is -0.327 e. The van der Waals surface area contributed by atoms with Crippen LogP contribution in [0.4, 0.5) is 0 Å². The molecule has 2 N–H and O–H groups in total. The Morgan fingerprint density at radius 3 is 2.38 bits per heavy atom. The highest BCUT2D eigenvalue weighted by molar-refractivity contribution is 5.20. The Labute approximate surface area is 101 Å². The minimum absolute atomic E-state index is 0.179. The zero-order chi connectivity index (χ0) is 12.2. The summed E-state index contributed by atoms with van der Waals surface area (Å²) < 4.78 is 0. The van der Waals surface area contributed by atoms with Crippen LogP contribution in [0.5, 0.6) is 0 Å². The Morgan fingerprint density at radius 1 is 1.25 bits per heavy atom. The molecule has 1 heteroatoms. The molecule has 92 valence electrons. The van der Waals surface area contributed by atoms with Crippen molar-refractivity contribution in [1.82, 2.24) is 0 Å². The maximum atomic E-state index is 6.47. The van der Waals surface area contributed by atoms with Crippen LogP contribution in [0, 0.1) is 17.3 Å². The summed E-state index contributed by atoms with van der Waals surface area (Å²) >= 11 is 0. The van der Waals surface area contributed by atoms with Crippen LogP contribution in [-0.4, -0.2) is 6.04 Å². The Bertz CT molecular complexity index is 265. The smallest absolute Gasteiger partial charge is 0.0159 e. The molecule has 0 aliphatic heterocycles. The quantitative estimate of drug-likeness (QED) is 0.748. The predicted octanol–water partition coefficient (Wildman–Crippen LogP) is 3.91. The van der Waals surface area contributed by atoms with Gasteiger partial charge in [-0.3, -0.25) is 0 Å². The molecule has 0 radical (unpaired) electrons. The van der Waals surface area contributed by atoms with Gasteiger partial charge in [0.15, 0.2) is 0 Å². The number of rotatable bonds is 5. The molecule has 0 bridgehead atoms. The summed E-state index contributed by atoms with van der Waals surface area (Å²) in [6.07, 6.45) is 12.6. The first-order valence-electron chi connectivity index (χ1n) is 6.64. The third-order valence-corrected chi connectivity index (χ3v) is 4.10. The van der Waals surface area contributed by atoms with Crippen molar-refractivity contribution in [2.24, 2.45) is 23.0 Å². The Hall–Kier alpha value is -0.560. The summed E-state index contributed by atoms with van der Waals surface area (Å²) in [5.41, 5.74) is 6.65. The zero-order valence-corrected chi connectivity index (χ0v) is 11.2. The van der Waals surface area contributed by atoms with Gasteiger partial charge in [0.2, 0.25) is 0 Å². The first kappa shape index (κ1) is 13.5. The second-order valence-corrected chi connectivity index (χ2v) is 5.56. The topological polar surface area (TPSA) is 26.0 Å². The lowest BCUT2D eigenvalue weighted by Gasteiger charge is -2.44. The SMILES string of the molecule is CCCC(C)C1(C(N)C(C)C)C=CC=CC1. The normalized spacial score (nSPS) is 28.4. The van der Waals surface area contributed by atoms with Gasteiger partial charge in [0.1, 0.15) is 0 Å². The van der Waals surface area contributed by atoms with Crippen LogP contribution in [0.15, 0.2) is 24.3 Å². The van der Waals surface area contributed by atoms with Gasteiger partial charge in [0, 0.05) is 11.5 Å². The van der Waals surface area contributed by atoms with E-state index >= 15 is 0 Å². The minimum atomic E-state index is 0.179. The number of allylic oxidation sites excluding steroid dienone is 3. The molecule has 16 heavy (non-hydrogen) atoms. The first-order valence-corrected chi connectivity index (χ1v) is 6.64. The molecule has 0 spiro atoms. The van der Waals surface area contributed by atoms with E-state index in [9.17, 15) is 0 Å². The largest absolute Gasteiger partial charge is 0.327 e. The van der Waals surface area contributed by atoms with Crippen LogP contribution in [0.1, 0.15) is 47.0 Å². The fraction of sp³-hybridized carbons (Fsp3) is 0.733. The lowest BCUT2D eigenvalue weighted by atomic mass is 9.63. The standard InChI is InChI=1S/C15H27N/c1-5-9-13(4)15(14(16)12(2)3)10-7-6-8-11-15/h6-8,10,12-14H,5,9,11,16H2,1-4H3. The van der Waals surface area contributed by atoms with Crippen molar-refractivity contribution in [3.8, 4) is 0 Å². The van der Waals surface area contributed by atoms with Crippen molar-refractivity contribution < 1.29 is 0 Å². The van der Waals surface area contributed by atoms with E-state index in [4.69, 9.17) is 5.73 Å². The molecule has 0 aromatic carbocycles. The molecule has 1 rings (SSSR count). The van der Waals surface area contributed by atoms with Gasteiger partial charge in [-0.15, -0.1) is 0 Å². The Balaban J connectivity index is 2.93. The monoisotopic (exact) mass is 221 g/mol. The van der Waals surface area contributed by atoms with Crippen LogP contribution in [0.25, 0.3) is 0 Å². The van der Waals surface area contributed by atoms with Crippen LogP contribution in [0.2, 0.25) is 0 Å². The van der Waals surface area contributed by atoms with Gasteiger partial charge in [-0.05, 0) is 18.3 Å². The molecule has 0 amide bonds. The molecule has 0 aromatic heterocycles. The molecule has 0 fully saturated rings.